The first kappa shape index (κ1) is 14.4. The van der Waals surface area contributed by atoms with Crippen molar-refractivity contribution in [3.8, 4) is 0 Å². The van der Waals surface area contributed by atoms with Crippen LogP contribution in [0.1, 0.15) is 31.4 Å². The Kier molecular flexibility index (Phi) is 4.83. The summed E-state index contributed by atoms with van der Waals surface area (Å²) in [6.07, 6.45) is 2.54. The Morgan fingerprint density at radius 2 is 1.95 bits per heavy atom. The van der Waals surface area contributed by atoms with Crippen LogP contribution in [-0.4, -0.2) is 38.6 Å². The molecular formula is C16H27N3. The first-order valence-electron chi connectivity index (χ1n) is 7.38. The zero-order chi connectivity index (χ0) is 13.8. The molecular weight excluding hydrogens is 234 g/mol. The lowest BCUT2D eigenvalue weighted by Crippen LogP contribution is -2.41. The number of rotatable bonds is 4. The van der Waals surface area contributed by atoms with Gasteiger partial charge in [-0.1, -0.05) is 19.1 Å². The van der Waals surface area contributed by atoms with E-state index >= 15 is 0 Å². The van der Waals surface area contributed by atoms with Crippen LogP contribution in [0.3, 0.4) is 0 Å². The second kappa shape index (κ2) is 6.40. The number of nitrogens with zero attached hydrogens (tertiary/aromatic N) is 2. The molecule has 0 amide bonds. The Balaban J connectivity index is 2.24. The van der Waals surface area contributed by atoms with Gasteiger partial charge >= 0.3 is 0 Å². The lowest BCUT2D eigenvalue weighted by Gasteiger charge is -2.41. The number of hydrogen-bond donors (Lipinski definition) is 1. The Morgan fingerprint density at radius 1 is 1.26 bits per heavy atom. The largest absolute Gasteiger partial charge is 0.378 e. The maximum absolute atomic E-state index is 5.99. The molecule has 0 radical (unpaired) electrons. The van der Waals surface area contributed by atoms with E-state index in [1.165, 1.54) is 30.6 Å². The van der Waals surface area contributed by atoms with Gasteiger partial charge in [-0.2, -0.15) is 0 Å². The van der Waals surface area contributed by atoms with Crippen molar-refractivity contribution >= 4 is 5.69 Å². The highest BCUT2D eigenvalue weighted by molar-refractivity contribution is 5.46. The van der Waals surface area contributed by atoms with Crippen LogP contribution in [0.25, 0.3) is 0 Å². The minimum absolute atomic E-state index is 0.500. The van der Waals surface area contributed by atoms with Gasteiger partial charge < -0.3 is 10.6 Å². The summed E-state index contributed by atoms with van der Waals surface area (Å²) < 4.78 is 0. The van der Waals surface area contributed by atoms with Crippen molar-refractivity contribution in [3.63, 3.8) is 0 Å². The maximum Gasteiger partial charge on any atom is 0.0388 e. The predicted octanol–water partition coefficient (Wildman–Crippen LogP) is 2.48. The average Bonchev–Trinajstić information content (AvgIpc) is 2.46. The Bertz CT molecular complexity index is 373. The zero-order valence-corrected chi connectivity index (χ0v) is 12.5. The molecule has 0 spiro atoms. The van der Waals surface area contributed by atoms with Crippen LogP contribution in [0.4, 0.5) is 5.69 Å². The van der Waals surface area contributed by atoms with Crippen LogP contribution in [-0.2, 0) is 0 Å². The van der Waals surface area contributed by atoms with Gasteiger partial charge in [0.05, 0.1) is 0 Å². The van der Waals surface area contributed by atoms with Crippen LogP contribution in [0, 0.1) is 5.92 Å². The Hall–Kier alpha value is -1.06. The number of nitrogens with two attached hydrogens (primary N) is 1. The molecule has 1 heterocycles. The molecule has 3 heteroatoms. The van der Waals surface area contributed by atoms with E-state index in [9.17, 15) is 0 Å². The fraction of sp³-hybridized carbons (Fsp3) is 0.625. The standard InChI is InChI=1S/C16H27N3/c1-4-19-11-5-6-14(12-17)16(19)13-7-9-15(10-8-13)18(2)3/h7-10,14,16H,4-6,11-12,17H2,1-3H3. The molecule has 1 aromatic carbocycles. The van der Waals surface area contributed by atoms with E-state index in [0.29, 0.717) is 12.0 Å². The third-order valence-electron chi connectivity index (χ3n) is 4.32. The van der Waals surface area contributed by atoms with Crippen LogP contribution < -0.4 is 10.6 Å². The first-order chi connectivity index (χ1) is 9.17. The fourth-order valence-electron chi connectivity index (χ4n) is 3.21. The van der Waals surface area contributed by atoms with Gasteiger partial charge in [-0.05, 0) is 56.1 Å². The molecule has 1 aliphatic heterocycles. The first-order valence-corrected chi connectivity index (χ1v) is 7.38. The van der Waals surface area contributed by atoms with E-state index in [1.54, 1.807) is 0 Å². The summed E-state index contributed by atoms with van der Waals surface area (Å²) in [6.45, 7) is 5.35. The average molecular weight is 261 g/mol. The summed E-state index contributed by atoms with van der Waals surface area (Å²) in [6, 6.07) is 9.48. The molecule has 19 heavy (non-hydrogen) atoms. The number of piperidine rings is 1. The van der Waals surface area contributed by atoms with Crippen LogP contribution in [0.2, 0.25) is 0 Å². The Morgan fingerprint density at radius 3 is 2.47 bits per heavy atom. The highest BCUT2D eigenvalue weighted by atomic mass is 15.2. The second-order valence-electron chi connectivity index (χ2n) is 5.70. The van der Waals surface area contributed by atoms with Crippen molar-refractivity contribution < 1.29 is 0 Å². The highest BCUT2D eigenvalue weighted by Gasteiger charge is 2.30. The van der Waals surface area contributed by atoms with Crippen LogP contribution >= 0.6 is 0 Å². The minimum atomic E-state index is 0.500. The van der Waals surface area contributed by atoms with Crippen molar-refractivity contribution in [2.45, 2.75) is 25.8 Å². The van der Waals surface area contributed by atoms with E-state index in [2.05, 4.69) is 55.1 Å². The second-order valence-corrected chi connectivity index (χ2v) is 5.70. The topological polar surface area (TPSA) is 32.5 Å². The van der Waals surface area contributed by atoms with Gasteiger partial charge in [0, 0.05) is 25.8 Å². The summed E-state index contributed by atoms with van der Waals surface area (Å²) in [4.78, 5) is 4.72. The van der Waals surface area contributed by atoms with Crippen LogP contribution in [0.5, 0.6) is 0 Å². The molecule has 106 valence electrons. The molecule has 0 bridgehead atoms. The number of likely N-dealkylation sites (tertiary alicyclic amines) is 1. The van der Waals surface area contributed by atoms with Crippen molar-refractivity contribution in [2.24, 2.45) is 11.7 Å². The molecule has 2 unspecified atom stereocenters. The number of hydrogen-bond acceptors (Lipinski definition) is 3. The minimum Gasteiger partial charge on any atom is -0.378 e. The molecule has 2 rings (SSSR count). The van der Waals surface area contributed by atoms with Crippen molar-refractivity contribution in [3.05, 3.63) is 29.8 Å². The number of anilines is 1. The molecule has 1 aliphatic rings. The van der Waals surface area contributed by atoms with Gasteiger partial charge in [-0.15, -0.1) is 0 Å². The molecule has 0 aromatic heterocycles. The quantitative estimate of drug-likeness (QED) is 0.904. The molecule has 3 nitrogen and oxygen atoms in total. The molecule has 0 saturated carbocycles. The highest BCUT2D eigenvalue weighted by Crippen LogP contribution is 2.35. The lowest BCUT2D eigenvalue weighted by atomic mass is 9.84. The van der Waals surface area contributed by atoms with Crippen molar-refractivity contribution in [2.75, 3.05) is 38.6 Å². The van der Waals surface area contributed by atoms with Crippen LogP contribution in [0.15, 0.2) is 24.3 Å². The normalized spacial score (nSPS) is 24.4. The Labute approximate surface area is 117 Å². The molecule has 2 N–H and O–H groups in total. The maximum atomic E-state index is 5.99. The third-order valence-corrected chi connectivity index (χ3v) is 4.32. The molecule has 2 atom stereocenters. The van der Waals surface area contributed by atoms with Gasteiger partial charge in [0.1, 0.15) is 0 Å². The summed E-state index contributed by atoms with van der Waals surface area (Å²) >= 11 is 0. The van der Waals surface area contributed by atoms with Gasteiger partial charge in [0.15, 0.2) is 0 Å². The molecule has 0 aliphatic carbocycles. The smallest absolute Gasteiger partial charge is 0.0388 e. The van der Waals surface area contributed by atoms with E-state index in [-0.39, 0.29) is 0 Å². The van der Waals surface area contributed by atoms with Gasteiger partial charge in [-0.25, -0.2) is 0 Å². The molecule has 1 fully saturated rings. The van der Waals surface area contributed by atoms with Crippen molar-refractivity contribution in [1.82, 2.24) is 4.90 Å². The molecule has 1 saturated heterocycles. The summed E-state index contributed by atoms with van der Waals surface area (Å²) in [5, 5.41) is 0. The van der Waals surface area contributed by atoms with Gasteiger partial charge in [0.25, 0.3) is 0 Å². The molecule has 1 aromatic rings. The van der Waals surface area contributed by atoms with E-state index in [1.807, 2.05) is 0 Å². The third kappa shape index (κ3) is 3.10. The lowest BCUT2D eigenvalue weighted by molar-refractivity contribution is 0.102. The fourth-order valence-corrected chi connectivity index (χ4v) is 3.21. The van der Waals surface area contributed by atoms with E-state index in [4.69, 9.17) is 5.73 Å². The van der Waals surface area contributed by atoms with Gasteiger partial charge in [0.2, 0.25) is 0 Å². The van der Waals surface area contributed by atoms with E-state index < -0.39 is 0 Å². The monoisotopic (exact) mass is 261 g/mol. The predicted molar refractivity (Wildman–Crippen MR) is 82.5 cm³/mol. The number of benzene rings is 1. The SMILES string of the molecule is CCN1CCCC(CN)C1c1ccc(N(C)C)cc1. The van der Waals surface area contributed by atoms with E-state index in [0.717, 1.165) is 13.1 Å². The van der Waals surface area contributed by atoms with Gasteiger partial charge in [-0.3, -0.25) is 4.90 Å². The zero-order valence-electron chi connectivity index (χ0n) is 12.5. The van der Waals surface area contributed by atoms with Crippen molar-refractivity contribution in [1.29, 1.82) is 0 Å². The summed E-state index contributed by atoms with van der Waals surface area (Å²) in [5.74, 6) is 0.596. The summed E-state index contributed by atoms with van der Waals surface area (Å²) in [7, 11) is 4.16. The summed E-state index contributed by atoms with van der Waals surface area (Å²) in [5.41, 5.74) is 8.67.